The first-order valence-corrected chi connectivity index (χ1v) is 12.9. The molecule has 0 bridgehead atoms. The standard InChI is InChI=1S/C28H27N7.C2H6/c1-29-28(30-2)25-17-35-13-10-20(16-26(35)34-25)18-4-6-19(7-5-18)23-14-21-8-9-22(15-24(21)33-23)27-31-11-3-12-32-27;1-2/h4-10,13-17,33H,3,11-12H2,1-2H3,(H,29,30)(H,31,32);1-2H3. The molecule has 7 heteroatoms. The first-order valence-electron chi connectivity index (χ1n) is 12.9. The summed E-state index contributed by atoms with van der Waals surface area (Å²) in [5, 5.41) is 7.69. The number of hydrogen-bond donors (Lipinski definition) is 3. The van der Waals surface area contributed by atoms with Crippen molar-refractivity contribution in [2.45, 2.75) is 20.3 Å². The number of nitrogens with one attached hydrogen (secondary N) is 3. The van der Waals surface area contributed by atoms with Gasteiger partial charge in [-0.25, -0.2) is 4.98 Å². The Kier molecular flexibility index (Phi) is 7.03. The fraction of sp³-hybridized carbons (Fsp3) is 0.233. The van der Waals surface area contributed by atoms with E-state index in [-0.39, 0.29) is 0 Å². The highest BCUT2D eigenvalue weighted by atomic mass is 15.0. The molecule has 0 amide bonds. The van der Waals surface area contributed by atoms with Crippen LogP contribution >= 0.6 is 0 Å². The second-order valence-electron chi connectivity index (χ2n) is 8.70. The van der Waals surface area contributed by atoms with E-state index in [1.807, 2.05) is 37.7 Å². The molecule has 0 atom stereocenters. The smallest absolute Gasteiger partial charge is 0.148 e. The maximum Gasteiger partial charge on any atom is 0.148 e. The summed E-state index contributed by atoms with van der Waals surface area (Å²) in [5.74, 6) is 1.76. The van der Waals surface area contributed by atoms with Crippen LogP contribution in [0.25, 0.3) is 38.9 Å². The molecule has 0 unspecified atom stereocenters. The van der Waals surface area contributed by atoms with Gasteiger partial charge in [0.2, 0.25) is 0 Å². The number of aliphatic imine (C=N–C) groups is 2. The quantitative estimate of drug-likeness (QED) is 0.229. The first kappa shape index (κ1) is 24.3. The normalized spacial score (nSPS) is 13.6. The summed E-state index contributed by atoms with van der Waals surface area (Å²) < 4.78 is 2.02. The minimum Gasteiger partial charge on any atom is -0.372 e. The lowest BCUT2D eigenvalue weighted by Gasteiger charge is -2.14. The predicted molar refractivity (Wildman–Crippen MR) is 155 cm³/mol. The zero-order valence-corrected chi connectivity index (χ0v) is 21.8. The highest BCUT2D eigenvalue weighted by molar-refractivity contribution is 6.02. The molecule has 0 radical (unpaired) electrons. The fourth-order valence-corrected chi connectivity index (χ4v) is 4.63. The van der Waals surface area contributed by atoms with E-state index in [0.29, 0.717) is 0 Å². The third-order valence-corrected chi connectivity index (χ3v) is 6.49. The predicted octanol–water partition coefficient (Wildman–Crippen LogP) is 5.51. The highest BCUT2D eigenvalue weighted by Gasteiger charge is 2.11. The van der Waals surface area contributed by atoms with Crippen LogP contribution in [-0.4, -0.2) is 53.2 Å². The summed E-state index contributed by atoms with van der Waals surface area (Å²) in [7, 11) is 3.62. The monoisotopic (exact) mass is 491 g/mol. The molecule has 4 heterocycles. The van der Waals surface area contributed by atoms with Crippen LogP contribution in [-0.2, 0) is 0 Å². The molecule has 0 saturated carbocycles. The van der Waals surface area contributed by atoms with Crippen molar-refractivity contribution in [1.29, 1.82) is 0 Å². The van der Waals surface area contributed by atoms with E-state index in [9.17, 15) is 0 Å². The van der Waals surface area contributed by atoms with Crippen LogP contribution in [0, 0.1) is 0 Å². The van der Waals surface area contributed by atoms with Gasteiger partial charge in [0.15, 0.2) is 0 Å². The molecule has 1 aliphatic rings. The van der Waals surface area contributed by atoms with Gasteiger partial charge in [0.25, 0.3) is 0 Å². The SMILES string of the molecule is CC.CN=C(NC)c1cn2ccc(-c3ccc(-c4cc5ccc(C6=NCCCN6)cc5[nH]4)cc3)cc2n1. The second kappa shape index (κ2) is 10.7. The Hall–Kier alpha value is -4.39. The van der Waals surface area contributed by atoms with Crippen molar-refractivity contribution < 1.29 is 0 Å². The van der Waals surface area contributed by atoms with Crippen LogP contribution in [0.2, 0.25) is 0 Å². The van der Waals surface area contributed by atoms with E-state index < -0.39 is 0 Å². The highest BCUT2D eigenvalue weighted by Crippen LogP contribution is 2.28. The number of H-pyrrole nitrogens is 1. The second-order valence-corrected chi connectivity index (χ2v) is 8.70. The first-order chi connectivity index (χ1) is 18.2. The van der Waals surface area contributed by atoms with E-state index in [4.69, 9.17) is 4.98 Å². The van der Waals surface area contributed by atoms with Gasteiger partial charge in [0.1, 0.15) is 23.0 Å². The van der Waals surface area contributed by atoms with Crippen LogP contribution in [0.15, 0.2) is 83.0 Å². The van der Waals surface area contributed by atoms with E-state index in [2.05, 4.69) is 86.3 Å². The molecule has 37 heavy (non-hydrogen) atoms. The number of nitrogens with zero attached hydrogens (tertiary/aromatic N) is 4. The van der Waals surface area contributed by atoms with E-state index in [1.54, 1.807) is 7.05 Å². The van der Waals surface area contributed by atoms with Gasteiger partial charge < -0.3 is 20.0 Å². The fourth-order valence-electron chi connectivity index (χ4n) is 4.63. The van der Waals surface area contributed by atoms with Gasteiger partial charge in [-0.05, 0) is 47.4 Å². The minimum absolute atomic E-state index is 0.771. The zero-order valence-electron chi connectivity index (χ0n) is 21.8. The Morgan fingerprint density at radius 1 is 0.946 bits per heavy atom. The molecule has 188 valence electrons. The summed E-state index contributed by atoms with van der Waals surface area (Å²) in [6.45, 7) is 5.87. The molecule has 0 fully saturated rings. The van der Waals surface area contributed by atoms with E-state index in [1.165, 1.54) is 5.39 Å². The Labute approximate surface area is 217 Å². The lowest BCUT2D eigenvalue weighted by Crippen LogP contribution is -2.30. The van der Waals surface area contributed by atoms with Crippen LogP contribution in [0.3, 0.4) is 0 Å². The average Bonchev–Trinajstić information content (AvgIpc) is 3.59. The number of aromatic nitrogens is 3. The van der Waals surface area contributed by atoms with Gasteiger partial charge in [-0.15, -0.1) is 0 Å². The zero-order chi connectivity index (χ0) is 25.8. The number of imidazole rings is 1. The van der Waals surface area contributed by atoms with E-state index >= 15 is 0 Å². The molecular formula is C30H33N7. The molecule has 6 rings (SSSR count). The molecule has 5 aromatic rings. The molecule has 2 aromatic carbocycles. The van der Waals surface area contributed by atoms with Crippen LogP contribution < -0.4 is 10.6 Å². The van der Waals surface area contributed by atoms with Gasteiger partial charge in [-0.2, -0.15) is 0 Å². The molecule has 7 nitrogen and oxygen atoms in total. The lowest BCUT2D eigenvalue weighted by atomic mass is 10.0. The number of hydrogen-bond acceptors (Lipinski definition) is 4. The average molecular weight is 492 g/mol. The number of rotatable bonds is 4. The molecule has 3 N–H and O–H groups in total. The summed E-state index contributed by atoms with van der Waals surface area (Å²) in [4.78, 5) is 17.2. The topological polar surface area (TPSA) is 81.9 Å². The maximum atomic E-state index is 4.72. The largest absolute Gasteiger partial charge is 0.372 e. The Bertz CT molecular complexity index is 1590. The summed E-state index contributed by atoms with van der Waals surface area (Å²) in [6, 6.07) is 21.6. The summed E-state index contributed by atoms with van der Waals surface area (Å²) >= 11 is 0. The third kappa shape index (κ3) is 4.85. The summed E-state index contributed by atoms with van der Waals surface area (Å²) in [6.07, 6.45) is 5.12. The Morgan fingerprint density at radius 2 is 1.73 bits per heavy atom. The molecule has 3 aromatic heterocycles. The molecule has 0 aliphatic carbocycles. The van der Waals surface area contributed by atoms with Gasteiger partial charge in [-0.3, -0.25) is 9.98 Å². The third-order valence-electron chi connectivity index (χ3n) is 6.49. The lowest BCUT2D eigenvalue weighted by molar-refractivity contribution is 0.742. The Morgan fingerprint density at radius 3 is 2.46 bits per heavy atom. The minimum atomic E-state index is 0.771. The van der Waals surface area contributed by atoms with Crippen LogP contribution in [0.4, 0.5) is 0 Å². The number of aromatic amines is 1. The van der Waals surface area contributed by atoms with Gasteiger partial charge in [-0.1, -0.05) is 50.2 Å². The number of pyridine rings is 1. The van der Waals surface area contributed by atoms with Crippen LogP contribution in [0.1, 0.15) is 31.5 Å². The summed E-state index contributed by atoms with van der Waals surface area (Å²) in [5.41, 5.74) is 8.51. The van der Waals surface area contributed by atoms with Crippen molar-refractivity contribution in [3.05, 3.63) is 84.3 Å². The van der Waals surface area contributed by atoms with Crippen molar-refractivity contribution in [2.24, 2.45) is 9.98 Å². The van der Waals surface area contributed by atoms with Crippen molar-refractivity contribution in [3.8, 4) is 22.4 Å². The van der Waals surface area contributed by atoms with Crippen molar-refractivity contribution in [3.63, 3.8) is 0 Å². The number of amidine groups is 2. The van der Waals surface area contributed by atoms with Crippen molar-refractivity contribution in [1.82, 2.24) is 25.0 Å². The molecule has 1 aliphatic heterocycles. The van der Waals surface area contributed by atoms with Gasteiger partial charge >= 0.3 is 0 Å². The van der Waals surface area contributed by atoms with Crippen molar-refractivity contribution >= 4 is 28.2 Å². The number of fused-ring (bicyclic) bond motifs is 2. The van der Waals surface area contributed by atoms with Crippen molar-refractivity contribution in [2.75, 3.05) is 27.2 Å². The van der Waals surface area contributed by atoms with E-state index in [0.717, 1.165) is 76.0 Å². The molecule has 0 spiro atoms. The maximum absolute atomic E-state index is 4.72. The molecular weight excluding hydrogens is 458 g/mol. The Balaban J connectivity index is 0.00000137. The number of benzene rings is 2. The van der Waals surface area contributed by atoms with Crippen LogP contribution in [0.5, 0.6) is 0 Å². The van der Waals surface area contributed by atoms with Gasteiger partial charge in [0.05, 0.1) is 0 Å². The van der Waals surface area contributed by atoms with Gasteiger partial charge in [0, 0.05) is 61.7 Å². The molecule has 0 saturated heterocycles.